The standard InChI is InChI=1S/C10H22INO/c1-9(2)10(8-11)12-6-4-5-7-13-3/h9-10,12H,4-8H2,1-3H3. The van der Waals surface area contributed by atoms with Gasteiger partial charge in [0.25, 0.3) is 0 Å². The summed E-state index contributed by atoms with van der Waals surface area (Å²) in [6, 6.07) is 0.670. The molecule has 1 unspecified atom stereocenters. The van der Waals surface area contributed by atoms with Crippen molar-refractivity contribution in [1.29, 1.82) is 0 Å². The van der Waals surface area contributed by atoms with E-state index < -0.39 is 0 Å². The Labute approximate surface area is 95.9 Å². The second-order valence-corrected chi connectivity index (χ2v) is 4.54. The van der Waals surface area contributed by atoms with Crippen LogP contribution in [0.3, 0.4) is 0 Å². The van der Waals surface area contributed by atoms with E-state index in [1.54, 1.807) is 7.11 Å². The molecular weight excluding hydrogens is 277 g/mol. The van der Waals surface area contributed by atoms with Crippen molar-refractivity contribution in [2.45, 2.75) is 32.7 Å². The number of ether oxygens (including phenoxy) is 1. The van der Waals surface area contributed by atoms with E-state index in [-0.39, 0.29) is 0 Å². The summed E-state index contributed by atoms with van der Waals surface area (Å²) in [5, 5.41) is 3.56. The Hall–Kier alpha value is 0.650. The van der Waals surface area contributed by atoms with Crippen molar-refractivity contribution in [3.05, 3.63) is 0 Å². The summed E-state index contributed by atoms with van der Waals surface area (Å²) in [4.78, 5) is 0. The van der Waals surface area contributed by atoms with Crippen LogP contribution in [0.4, 0.5) is 0 Å². The van der Waals surface area contributed by atoms with Crippen LogP contribution in [0.15, 0.2) is 0 Å². The summed E-state index contributed by atoms with van der Waals surface area (Å²) >= 11 is 2.45. The third-order valence-electron chi connectivity index (χ3n) is 2.15. The second kappa shape index (κ2) is 9.21. The number of rotatable bonds is 8. The minimum absolute atomic E-state index is 0.670. The monoisotopic (exact) mass is 299 g/mol. The Morgan fingerprint density at radius 2 is 2.00 bits per heavy atom. The topological polar surface area (TPSA) is 21.3 Å². The Kier molecular flexibility index (Phi) is 9.68. The van der Waals surface area contributed by atoms with Gasteiger partial charge >= 0.3 is 0 Å². The van der Waals surface area contributed by atoms with Crippen LogP contribution < -0.4 is 5.32 Å². The molecule has 0 amide bonds. The molecule has 0 rings (SSSR count). The predicted molar refractivity (Wildman–Crippen MR) is 66.6 cm³/mol. The molecule has 0 fully saturated rings. The van der Waals surface area contributed by atoms with Crippen molar-refractivity contribution >= 4 is 22.6 Å². The second-order valence-electron chi connectivity index (χ2n) is 3.66. The van der Waals surface area contributed by atoms with Crippen molar-refractivity contribution in [1.82, 2.24) is 5.32 Å². The maximum atomic E-state index is 4.99. The number of unbranched alkanes of at least 4 members (excludes halogenated alkanes) is 1. The lowest BCUT2D eigenvalue weighted by atomic mass is 10.1. The Balaban J connectivity index is 3.28. The minimum atomic E-state index is 0.670. The molecule has 0 radical (unpaired) electrons. The quantitative estimate of drug-likeness (QED) is 0.422. The molecule has 0 aromatic carbocycles. The van der Waals surface area contributed by atoms with E-state index in [1.807, 2.05) is 0 Å². The molecule has 0 spiro atoms. The number of hydrogen-bond donors (Lipinski definition) is 1. The van der Waals surface area contributed by atoms with Crippen molar-refractivity contribution in [2.24, 2.45) is 5.92 Å². The van der Waals surface area contributed by atoms with Crippen LogP contribution in [-0.2, 0) is 4.74 Å². The molecule has 80 valence electrons. The highest BCUT2D eigenvalue weighted by molar-refractivity contribution is 14.1. The first kappa shape index (κ1) is 13.7. The van der Waals surface area contributed by atoms with Gasteiger partial charge in [-0.3, -0.25) is 0 Å². The van der Waals surface area contributed by atoms with Gasteiger partial charge in [-0.15, -0.1) is 0 Å². The van der Waals surface area contributed by atoms with Gasteiger partial charge in [0.1, 0.15) is 0 Å². The lowest BCUT2D eigenvalue weighted by molar-refractivity contribution is 0.192. The Morgan fingerprint density at radius 1 is 1.31 bits per heavy atom. The smallest absolute Gasteiger partial charge is 0.0462 e. The zero-order chi connectivity index (χ0) is 10.1. The summed E-state index contributed by atoms with van der Waals surface area (Å²) < 4.78 is 6.19. The van der Waals surface area contributed by atoms with Gasteiger partial charge in [0.2, 0.25) is 0 Å². The summed E-state index contributed by atoms with van der Waals surface area (Å²) in [5.41, 5.74) is 0. The molecule has 0 saturated carbocycles. The first-order valence-corrected chi connectivity index (χ1v) is 6.53. The SMILES string of the molecule is COCCCCNC(CI)C(C)C. The van der Waals surface area contributed by atoms with Gasteiger partial charge in [-0.05, 0) is 25.3 Å². The third kappa shape index (κ3) is 7.70. The van der Waals surface area contributed by atoms with Gasteiger partial charge < -0.3 is 10.1 Å². The van der Waals surface area contributed by atoms with Crippen LogP contribution >= 0.6 is 22.6 Å². The van der Waals surface area contributed by atoms with Gasteiger partial charge in [-0.1, -0.05) is 36.4 Å². The largest absolute Gasteiger partial charge is 0.385 e. The van der Waals surface area contributed by atoms with E-state index in [4.69, 9.17) is 4.74 Å². The molecule has 0 aromatic rings. The van der Waals surface area contributed by atoms with Crippen LogP contribution in [0.25, 0.3) is 0 Å². The van der Waals surface area contributed by atoms with E-state index >= 15 is 0 Å². The summed E-state index contributed by atoms with van der Waals surface area (Å²) in [6.07, 6.45) is 2.38. The van der Waals surface area contributed by atoms with E-state index in [1.165, 1.54) is 10.8 Å². The summed E-state index contributed by atoms with van der Waals surface area (Å²) in [7, 11) is 1.76. The van der Waals surface area contributed by atoms with Gasteiger partial charge in [0.05, 0.1) is 0 Å². The molecular formula is C10H22INO. The number of methoxy groups -OCH3 is 1. The Bertz CT molecular complexity index is 109. The maximum Gasteiger partial charge on any atom is 0.0462 e. The number of halogens is 1. The molecule has 2 nitrogen and oxygen atoms in total. The van der Waals surface area contributed by atoms with Gasteiger partial charge in [0.15, 0.2) is 0 Å². The average molecular weight is 299 g/mol. The fourth-order valence-electron chi connectivity index (χ4n) is 1.13. The molecule has 1 N–H and O–H groups in total. The summed E-state index contributed by atoms with van der Waals surface area (Å²) in [5.74, 6) is 0.735. The molecule has 1 atom stereocenters. The molecule has 3 heteroatoms. The lowest BCUT2D eigenvalue weighted by Crippen LogP contribution is -2.35. The van der Waals surface area contributed by atoms with Gasteiger partial charge in [-0.25, -0.2) is 0 Å². The molecule has 0 aliphatic heterocycles. The third-order valence-corrected chi connectivity index (χ3v) is 3.10. The molecule has 0 aliphatic carbocycles. The molecule has 0 bridgehead atoms. The highest BCUT2D eigenvalue weighted by atomic mass is 127. The normalized spacial score (nSPS) is 13.6. The van der Waals surface area contributed by atoms with Crippen LogP contribution in [0.5, 0.6) is 0 Å². The zero-order valence-electron chi connectivity index (χ0n) is 8.98. The fraction of sp³-hybridized carbons (Fsp3) is 1.00. The zero-order valence-corrected chi connectivity index (χ0v) is 11.1. The molecule has 0 heterocycles. The molecule has 0 saturated heterocycles. The highest BCUT2D eigenvalue weighted by Crippen LogP contribution is 2.04. The van der Waals surface area contributed by atoms with Crippen molar-refractivity contribution in [3.8, 4) is 0 Å². The molecule has 0 aromatic heterocycles. The number of hydrogen-bond acceptors (Lipinski definition) is 2. The predicted octanol–water partition coefficient (Wildman–Crippen LogP) is 2.46. The highest BCUT2D eigenvalue weighted by Gasteiger charge is 2.09. The summed E-state index contributed by atoms with van der Waals surface area (Å²) in [6.45, 7) is 6.55. The first-order valence-electron chi connectivity index (χ1n) is 5.00. The first-order chi connectivity index (χ1) is 6.22. The van der Waals surface area contributed by atoms with Crippen molar-refractivity contribution in [2.75, 3.05) is 24.7 Å². The van der Waals surface area contributed by atoms with Crippen LogP contribution in [0.1, 0.15) is 26.7 Å². The van der Waals surface area contributed by atoms with E-state index in [0.717, 1.165) is 25.5 Å². The van der Waals surface area contributed by atoms with Crippen molar-refractivity contribution in [3.63, 3.8) is 0 Å². The maximum absolute atomic E-state index is 4.99. The average Bonchev–Trinajstić information content (AvgIpc) is 2.10. The van der Waals surface area contributed by atoms with E-state index in [9.17, 15) is 0 Å². The van der Waals surface area contributed by atoms with Crippen LogP contribution in [0.2, 0.25) is 0 Å². The minimum Gasteiger partial charge on any atom is -0.385 e. The fourth-order valence-corrected chi connectivity index (χ4v) is 2.46. The number of alkyl halides is 1. The molecule has 13 heavy (non-hydrogen) atoms. The van der Waals surface area contributed by atoms with Gasteiger partial charge in [-0.2, -0.15) is 0 Å². The van der Waals surface area contributed by atoms with Crippen LogP contribution in [-0.4, -0.2) is 30.7 Å². The van der Waals surface area contributed by atoms with Crippen LogP contribution in [0, 0.1) is 5.92 Å². The van der Waals surface area contributed by atoms with Crippen molar-refractivity contribution < 1.29 is 4.74 Å². The van der Waals surface area contributed by atoms with E-state index in [2.05, 4.69) is 41.8 Å². The van der Waals surface area contributed by atoms with Gasteiger partial charge in [0, 0.05) is 24.2 Å². The number of nitrogens with one attached hydrogen (secondary N) is 1. The molecule has 0 aliphatic rings. The van der Waals surface area contributed by atoms with E-state index in [0.29, 0.717) is 6.04 Å². The lowest BCUT2D eigenvalue weighted by Gasteiger charge is -2.19. The Morgan fingerprint density at radius 3 is 2.46 bits per heavy atom.